The predicted molar refractivity (Wildman–Crippen MR) is 149 cm³/mol. The lowest BCUT2D eigenvalue weighted by Gasteiger charge is -2.23. The maximum Gasteiger partial charge on any atom is 0.250 e. The molecule has 1 amide bonds. The molecule has 4 N–H and O–H groups in total. The van der Waals surface area contributed by atoms with Crippen molar-refractivity contribution in [3.63, 3.8) is 0 Å². The molecular weight excluding hydrogens is 466 g/mol. The summed E-state index contributed by atoms with van der Waals surface area (Å²) < 4.78 is 5.74. The van der Waals surface area contributed by atoms with Gasteiger partial charge in [-0.05, 0) is 49.5 Å². The van der Waals surface area contributed by atoms with E-state index in [-0.39, 0.29) is 18.9 Å². The lowest BCUT2D eigenvalue weighted by Crippen LogP contribution is -2.35. The summed E-state index contributed by atoms with van der Waals surface area (Å²) in [6.45, 7) is 5.06. The Bertz CT molecular complexity index is 1200. The van der Waals surface area contributed by atoms with Gasteiger partial charge >= 0.3 is 0 Å². The van der Waals surface area contributed by atoms with E-state index in [1.807, 2.05) is 49.4 Å². The average Bonchev–Trinajstić information content (AvgIpc) is 3.40. The molecule has 2 heterocycles. The van der Waals surface area contributed by atoms with Crippen LogP contribution in [-0.4, -0.2) is 72.4 Å². The van der Waals surface area contributed by atoms with Crippen molar-refractivity contribution in [1.82, 2.24) is 9.80 Å². The highest BCUT2D eigenvalue weighted by Gasteiger charge is 2.23. The monoisotopic (exact) mass is 503 g/mol. The number of amides is 1. The van der Waals surface area contributed by atoms with Gasteiger partial charge in [0, 0.05) is 61.5 Å². The maximum atomic E-state index is 13.3. The van der Waals surface area contributed by atoms with Crippen LogP contribution in [0.4, 0.5) is 5.69 Å². The molecule has 0 bridgehead atoms. The molecule has 2 aromatic carbocycles. The van der Waals surface area contributed by atoms with Crippen LogP contribution in [0, 0.1) is 5.41 Å². The fraction of sp³-hybridized carbons (Fsp3) is 0.414. The summed E-state index contributed by atoms with van der Waals surface area (Å²) in [5.41, 5.74) is 11.0. The summed E-state index contributed by atoms with van der Waals surface area (Å²) in [5, 5.41) is 17.8. The van der Waals surface area contributed by atoms with E-state index in [0.29, 0.717) is 48.2 Å². The highest BCUT2D eigenvalue weighted by atomic mass is 16.5. The molecule has 8 heteroatoms. The van der Waals surface area contributed by atoms with E-state index in [0.717, 1.165) is 54.6 Å². The Balaban J connectivity index is 1.66. The van der Waals surface area contributed by atoms with Gasteiger partial charge in [-0.15, -0.1) is 0 Å². The Morgan fingerprint density at radius 1 is 1.19 bits per heavy atom. The summed E-state index contributed by atoms with van der Waals surface area (Å²) in [4.78, 5) is 21.9. The molecule has 0 radical (unpaired) electrons. The SMILES string of the molecule is CCCN(CCCO)C(=O)C1=Cc2cc(OC)c(-c3ccc(C(=N)N4CCCC4)cc3)cc2N=C(N)C1. The van der Waals surface area contributed by atoms with Crippen molar-refractivity contribution in [2.45, 2.75) is 39.0 Å². The fourth-order valence-electron chi connectivity index (χ4n) is 4.94. The standard InChI is InChI=1S/C29H37N5O3/c1-3-11-34(14-6-15-35)29(36)23-16-22-17-26(37-2)24(19-25(22)32-27(30)18-23)20-7-9-21(10-8-20)28(31)33-12-4-5-13-33/h7-10,16-17,19,31,35H,3-6,11-15,18H2,1-2H3,(H2,30,32). The van der Waals surface area contributed by atoms with E-state index in [1.54, 1.807) is 12.0 Å². The van der Waals surface area contributed by atoms with Crippen molar-refractivity contribution in [3.05, 3.63) is 53.1 Å². The number of benzene rings is 2. The molecule has 2 aromatic rings. The molecule has 0 aliphatic carbocycles. The van der Waals surface area contributed by atoms with Crippen molar-refractivity contribution in [3.8, 4) is 16.9 Å². The highest BCUT2D eigenvalue weighted by Crippen LogP contribution is 2.39. The number of hydrogen-bond acceptors (Lipinski definition) is 6. The Morgan fingerprint density at radius 3 is 2.57 bits per heavy atom. The molecule has 1 fully saturated rings. The van der Waals surface area contributed by atoms with Crippen LogP contribution >= 0.6 is 0 Å². The number of fused-ring (bicyclic) bond motifs is 1. The first-order valence-electron chi connectivity index (χ1n) is 13.0. The van der Waals surface area contributed by atoms with Gasteiger partial charge in [-0.2, -0.15) is 0 Å². The molecule has 8 nitrogen and oxygen atoms in total. The number of carbonyl (C=O) groups excluding carboxylic acids is 1. The number of nitrogens with one attached hydrogen (secondary N) is 1. The maximum absolute atomic E-state index is 13.3. The van der Waals surface area contributed by atoms with E-state index >= 15 is 0 Å². The van der Waals surface area contributed by atoms with Crippen LogP contribution in [-0.2, 0) is 4.79 Å². The lowest BCUT2D eigenvalue weighted by atomic mass is 9.98. The molecular formula is C29H37N5O3. The van der Waals surface area contributed by atoms with E-state index in [4.69, 9.17) is 15.9 Å². The first-order valence-corrected chi connectivity index (χ1v) is 13.0. The first-order chi connectivity index (χ1) is 17.9. The number of aliphatic imine (C=N–C) groups is 1. The largest absolute Gasteiger partial charge is 0.496 e. The van der Waals surface area contributed by atoms with E-state index < -0.39 is 0 Å². The zero-order valence-electron chi connectivity index (χ0n) is 21.8. The number of methoxy groups -OCH3 is 1. The highest BCUT2D eigenvalue weighted by molar-refractivity contribution is 6.06. The van der Waals surface area contributed by atoms with Crippen LogP contribution in [0.25, 0.3) is 17.2 Å². The van der Waals surface area contributed by atoms with Crippen LogP contribution in [0.3, 0.4) is 0 Å². The van der Waals surface area contributed by atoms with E-state index in [1.165, 1.54) is 0 Å². The summed E-state index contributed by atoms with van der Waals surface area (Å²) in [6.07, 6.45) is 5.76. The lowest BCUT2D eigenvalue weighted by molar-refractivity contribution is -0.127. The Hall–Kier alpha value is -3.65. The second-order valence-electron chi connectivity index (χ2n) is 9.55. The zero-order chi connectivity index (χ0) is 26.4. The number of ether oxygens (including phenoxy) is 1. The number of likely N-dealkylation sites (tertiary alicyclic amines) is 1. The van der Waals surface area contributed by atoms with Crippen LogP contribution in [0.2, 0.25) is 0 Å². The second kappa shape index (κ2) is 12.1. The van der Waals surface area contributed by atoms with Crippen molar-refractivity contribution in [2.75, 3.05) is 39.9 Å². The summed E-state index contributed by atoms with van der Waals surface area (Å²) in [7, 11) is 1.63. The molecule has 2 aliphatic rings. The number of hydrogen-bond donors (Lipinski definition) is 3. The van der Waals surface area contributed by atoms with Crippen LogP contribution < -0.4 is 10.5 Å². The third-order valence-electron chi connectivity index (χ3n) is 6.85. The number of amidine groups is 2. The topological polar surface area (TPSA) is 115 Å². The zero-order valence-corrected chi connectivity index (χ0v) is 21.8. The minimum atomic E-state index is -0.0830. The summed E-state index contributed by atoms with van der Waals surface area (Å²) >= 11 is 0. The smallest absolute Gasteiger partial charge is 0.250 e. The minimum absolute atomic E-state index is 0.0410. The van der Waals surface area contributed by atoms with Gasteiger partial charge < -0.3 is 25.4 Å². The molecule has 2 aliphatic heterocycles. The van der Waals surface area contributed by atoms with Gasteiger partial charge in [0.2, 0.25) is 5.91 Å². The van der Waals surface area contributed by atoms with Crippen molar-refractivity contribution >= 4 is 29.3 Å². The predicted octanol–water partition coefficient (Wildman–Crippen LogP) is 4.18. The molecule has 196 valence electrons. The summed E-state index contributed by atoms with van der Waals surface area (Å²) in [5.74, 6) is 1.53. The fourth-order valence-corrected chi connectivity index (χ4v) is 4.94. The molecule has 0 saturated carbocycles. The van der Waals surface area contributed by atoms with Gasteiger partial charge in [0.15, 0.2) is 0 Å². The minimum Gasteiger partial charge on any atom is -0.496 e. The number of carbonyl (C=O) groups is 1. The van der Waals surface area contributed by atoms with Crippen LogP contribution in [0.5, 0.6) is 5.75 Å². The Morgan fingerprint density at radius 2 is 1.92 bits per heavy atom. The summed E-state index contributed by atoms with van der Waals surface area (Å²) in [6, 6.07) is 11.8. The average molecular weight is 504 g/mol. The van der Waals surface area contributed by atoms with Gasteiger partial charge in [-0.3, -0.25) is 10.2 Å². The molecule has 1 saturated heterocycles. The van der Waals surface area contributed by atoms with Crippen LogP contribution in [0.1, 0.15) is 50.2 Å². The molecule has 0 unspecified atom stereocenters. The van der Waals surface area contributed by atoms with Gasteiger partial charge in [0.1, 0.15) is 17.4 Å². The third kappa shape index (κ3) is 6.02. The van der Waals surface area contributed by atoms with Crippen molar-refractivity contribution < 1.29 is 14.6 Å². The normalized spacial score (nSPS) is 14.9. The first kappa shape index (κ1) is 26.4. The number of nitrogens with two attached hydrogens (primary N) is 1. The number of aliphatic hydroxyl groups is 1. The van der Waals surface area contributed by atoms with Crippen molar-refractivity contribution in [1.29, 1.82) is 5.41 Å². The molecule has 4 rings (SSSR count). The van der Waals surface area contributed by atoms with E-state index in [2.05, 4.69) is 9.89 Å². The third-order valence-corrected chi connectivity index (χ3v) is 6.85. The Kier molecular flexibility index (Phi) is 8.61. The van der Waals surface area contributed by atoms with Gasteiger partial charge in [0.25, 0.3) is 0 Å². The van der Waals surface area contributed by atoms with Gasteiger partial charge in [0.05, 0.1) is 12.8 Å². The van der Waals surface area contributed by atoms with E-state index in [9.17, 15) is 9.90 Å². The molecule has 0 aromatic heterocycles. The molecule has 0 spiro atoms. The van der Waals surface area contributed by atoms with Crippen molar-refractivity contribution in [2.24, 2.45) is 10.7 Å². The Labute approximate surface area is 219 Å². The quantitative estimate of drug-likeness (QED) is 0.351. The molecule has 0 atom stereocenters. The second-order valence-corrected chi connectivity index (χ2v) is 9.55. The number of aliphatic hydroxyl groups excluding tert-OH is 1. The van der Waals surface area contributed by atoms with Gasteiger partial charge in [-0.1, -0.05) is 31.2 Å². The van der Waals surface area contributed by atoms with Gasteiger partial charge in [-0.25, -0.2) is 4.99 Å². The van der Waals surface area contributed by atoms with Crippen LogP contribution in [0.15, 0.2) is 47.0 Å². The number of rotatable bonds is 9. The number of nitrogens with zero attached hydrogens (tertiary/aromatic N) is 3. The molecule has 37 heavy (non-hydrogen) atoms.